The number of Topliss-reactive ketones (excluding diaryl/α,β-unsaturated/α-hetero) is 1. The number of methoxy groups -OCH3 is 1. The maximum atomic E-state index is 11.0. The second-order valence-electron chi connectivity index (χ2n) is 3.18. The van der Waals surface area contributed by atoms with Crippen LogP contribution in [-0.4, -0.2) is 23.0 Å². The molecule has 0 saturated carbocycles. The summed E-state index contributed by atoms with van der Waals surface area (Å²) in [6, 6.07) is 7.24. The molecule has 0 aliphatic heterocycles. The summed E-state index contributed by atoms with van der Waals surface area (Å²) >= 11 is 0. The summed E-state index contributed by atoms with van der Waals surface area (Å²) in [5, 5.41) is 3.58. The molecule has 0 fully saturated rings. The molecule has 0 saturated heterocycles. The lowest BCUT2D eigenvalue weighted by Gasteiger charge is -2.02. The highest BCUT2D eigenvalue weighted by atomic mass is 16.5. The molecule has 2 rings (SSSR count). The van der Waals surface area contributed by atoms with Gasteiger partial charge in [-0.25, -0.2) is 0 Å². The fraction of sp³-hybridized carbons (Fsp3) is 0.182. The van der Waals surface area contributed by atoms with Gasteiger partial charge in [-0.15, -0.1) is 0 Å². The summed E-state index contributed by atoms with van der Waals surface area (Å²) in [5.41, 5.74) is 0.671. The number of hydrogen-bond acceptors (Lipinski definition) is 5. The van der Waals surface area contributed by atoms with E-state index in [4.69, 9.17) is 9.26 Å². The van der Waals surface area contributed by atoms with Gasteiger partial charge in [-0.3, -0.25) is 4.79 Å². The summed E-state index contributed by atoms with van der Waals surface area (Å²) in [4.78, 5) is 15.0. The number of ether oxygens (including phenoxy) is 1. The highest BCUT2D eigenvalue weighted by Crippen LogP contribution is 2.27. The van der Waals surface area contributed by atoms with Gasteiger partial charge >= 0.3 is 0 Å². The normalized spacial score (nSPS) is 10.1. The smallest absolute Gasteiger partial charge is 0.262 e. The third-order valence-electron chi connectivity index (χ3n) is 2.08. The highest BCUT2D eigenvalue weighted by Gasteiger charge is 2.14. The van der Waals surface area contributed by atoms with Crippen LogP contribution in [0.15, 0.2) is 28.8 Å². The number of nitrogens with zero attached hydrogens (tertiary/aromatic N) is 2. The van der Waals surface area contributed by atoms with Gasteiger partial charge in [0.2, 0.25) is 11.6 Å². The van der Waals surface area contributed by atoms with Gasteiger partial charge in [-0.2, -0.15) is 4.98 Å². The van der Waals surface area contributed by atoms with E-state index in [2.05, 4.69) is 10.1 Å². The van der Waals surface area contributed by atoms with Crippen LogP contribution < -0.4 is 4.74 Å². The van der Waals surface area contributed by atoms with Crippen molar-refractivity contribution in [2.75, 3.05) is 7.11 Å². The van der Waals surface area contributed by atoms with Crippen molar-refractivity contribution >= 4 is 5.78 Å². The van der Waals surface area contributed by atoms with Crippen LogP contribution in [0.25, 0.3) is 11.5 Å². The minimum absolute atomic E-state index is 0.0703. The SMILES string of the molecule is COc1ccccc1-c1nc(C(C)=O)no1. The second-order valence-corrected chi connectivity index (χ2v) is 3.18. The van der Waals surface area contributed by atoms with Gasteiger partial charge in [0.25, 0.3) is 5.89 Å². The summed E-state index contributed by atoms with van der Waals surface area (Å²) in [7, 11) is 1.56. The van der Waals surface area contributed by atoms with Crippen molar-refractivity contribution in [2.24, 2.45) is 0 Å². The van der Waals surface area contributed by atoms with Crippen molar-refractivity contribution < 1.29 is 14.1 Å². The molecular weight excluding hydrogens is 208 g/mol. The number of carbonyl (C=O) groups is 1. The van der Waals surface area contributed by atoms with Gasteiger partial charge in [-0.1, -0.05) is 17.3 Å². The predicted octanol–water partition coefficient (Wildman–Crippen LogP) is 1.95. The predicted molar refractivity (Wildman–Crippen MR) is 56.3 cm³/mol. The van der Waals surface area contributed by atoms with E-state index in [-0.39, 0.29) is 17.5 Å². The highest BCUT2D eigenvalue weighted by molar-refractivity contribution is 5.90. The fourth-order valence-electron chi connectivity index (χ4n) is 1.30. The number of hydrogen-bond donors (Lipinski definition) is 0. The lowest BCUT2D eigenvalue weighted by Crippen LogP contribution is -1.94. The molecule has 2 aromatic rings. The standard InChI is InChI=1S/C11H10N2O3/c1-7(14)10-12-11(16-13-10)8-5-3-4-6-9(8)15-2/h3-6H,1-2H3. The van der Waals surface area contributed by atoms with Crippen molar-refractivity contribution in [3.63, 3.8) is 0 Å². The summed E-state index contributed by atoms with van der Waals surface area (Å²) in [5.74, 6) is 0.745. The third kappa shape index (κ3) is 1.79. The molecule has 0 unspecified atom stereocenters. The second kappa shape index (κ2) is 4.14. The maximum Gasteiger partial charge on any atom is 0.262 e. The number of ketones is 1. The van der Waals surface area contributed by atoms with E-state index in [1.54, 1.807) is 19.2 Å². The lowest BCUT2D eigenvalue weighted by molar-refractivity contribution is 0.100. The van der Waals surface area contributed by atoms with E-state index in [9.17, 15) is 4.79 Å². The molecule has 0 atom stereocenters. The zero-order chi connectivity index (χ0) is 11.5. The van der Waals surface area contributed by atoms with E-state index < -0.39 is 0 Å². The average molecular weight is 218 g/mol. The Kier molecular flexibility index (Phi) is 2.68. The van der Waals surface area contributed by atoms with Gasteiger partial charge in [0.15, 0.2) is 0 Å². The molecule has 5 nitrogen and oxygen atoms in total. The number of rotatable bonds is 3. The molecule has 0 radical (unpaired) electrons. The summed E-state index contributed by atoms with van der Waals surface area (Å²) < 4.78 is 10.1. The van der Waals surface area contributed by atoms with Crippen LogP contribution in [0.4, 0.5) is 0 Å². The molecule has 82 valence electrons. The van der Waals surface area contributed by atoms with E-state index in [0.29, 0.717) is 11.3 Å². The van der Waals surface area contributed by atoms with Crippen LogP contribution in [0.3, 0.4) is 0 Å². The molecule has 1 heterocycles. The molecule has 1 aromatic carbocycles. The van der Waals surface area contributed by atoms with E-state index in [0.717, 1.165) is 0 Å². The zero-order valence-electron chi connectivity index (χ0n) is 8.93. The molecule has 0 aliphatic carbocycles. The van der Waals surface area contributed by atoms with Crippen LogP contribution in [0.5, 0.6) is 5.75 Å². The molecule has 0 aliphatic rings. The molecule has 5 heteroatoms. The first kappa shape index (κ1) is 10.4. The number of para-hydroxylation sites is 1. The molecule has 0 spiro atoms. The van der Waals surface area contributed by atoms with Crippen molar-refractivity contribution in [2.45, 2.75) is 6.92 Å². The Labute approximate surface area is 92.0 Å². The first-order valence-corrected chi connectivity index (χ1v) is 4.70. The summed E-state index contributed by atoms with van der Waals surface area (Å²) in [6.45, 7) is 1.39. The minimum atomic E-state index is -0.232. The minimum Gasteiger partial charge on any atom is -0.496 e. The largest absolute Gasteiger partial charge is 0.496 e. The topological polar surface area (TPSA) is 65.2 Å². The molecular formula is C11H10N2O3. The van der Waals surface area contributed by atoms with Gasteiger partial charge in [0, 0.05) is 6.92 Å². The van der Waals surface area contributed by atoms with Gasteiger partial charge in [0.1, 0.15) is 5.75 Å². The van der Waals surface area contributed by atoms with E-state index in [1.165, 1.54) is 6.92 Å². The first-order chi connectivity index (χ1) is 7.72. The van der Waals surface area contributed by atoms with Crippen molar-refractivity contribution in [3.05, 3.63) is 30.1 Å². The molecule has 16 heavy (non-hydrogen) atoms. The Morgan fingerprint density at radius 1 is 1.38 bits per heavy atom. The molecule has 1 aromatic heterocycles. The van der Waals surface area contributed by atoms with Crippen LogP contribution in [0, 0.1) is 0 Å². The van der Waals surface area contributed by atoms with E-state index >= 15 is 0 Å². The Hall–Kier alpha value is -2.17. The Morgan fingerprint density at radius 2 is 2.12 bits per heavy atom. The maximum absolute atomic E-state index is 11.0. The van der Waals surface area contributed by atoms with Crippen LogP contribution in [0.2, 0.25) is 0 Å². The van der Waals surface area contributed by atoms with Crippen LogP contribution in [0.1, 0.15) is 17.5 Å². The Bertz CT molecular complexity index is 519. The average Bonchev–Trinajstić information content (AvgIpc) is 2.78. The van der Waals surface area contributed by atoms with Crippen LogP contribution in [-0.2, 0) is 0 Å². The molecule has 0 amide bonds. The number of benzene rings is 1. The van der Waals surface area contributed by atoms with Gasteiger partial charge in [0.05, 0.1) is 12.7 Å². The Balaban J connectivity index is 2.46. The Morgan fingerprint density at radius 3 is 2.75 bits per heavy atom. The lowest BCUT2D eigenvalue weighted by atomic mass is 10.2. The quantitative estimate of drug-likeness (QED) is 0.736. The fourth-order valence-corrected chi connectivity index (χ4v) is 1.30. The third-order valence-corrected chi connectivity index (χ3v) is 2.08. The van der Waals surface area contributed by atoms with Gasteiger partial charge < -0.3 is 9.26 Å². The molecule has 0 N–H and O–H groups in total. The van der Waals surface area contributed by atoms with Crippen molar-refractivity contribution in [1.82, 2.24) is 10.1 Å². The van der Waals surface area contributed by atoms with E-state index in [1.807, 2.05) is 12.1 Å². The first-order valence-electron chi connectivity index (χ1n) is 4.70. The van der Waals surface area contributed by atoms with Gasteiger partial charge in [-0.05, 0) is 12.1 Å². The van der Waals surface area contributed by atoms with Crippen molar-refractivity contribution in [3.8, 4) is 17.2 Å². The van der Waals surface area contributed by atoms with Crippen LogP contribution >= 0.6 is 0 Å². The number of carbonyl (C=O) groups excluding carboxylic acids is 1. The summed E-state index contributed by atoms with van der Waals surface area (Å²) in [6.07, 6.45) is 0. The molecule has 0 bridgehead atoms. The zero-order valence-corrected chi connectivity index (χ0v) is 8.93. The monoisotopic (exact) mass is 218 g/mol. The number of aromatic nitrogens is 2. The van der Waals surface area contributed by atoms with Crippen molar-refractivity contribution in [1.29, 1.82) is 0 Å².